The predicted octanol–water partition coefficient (Wildman–Crippen LogP) is 3.60. The van der Waals surface area contributed by atoms with Crippen LogP contribution in [0.4, 0.5) is 0 Å². The van der Waals surface area contributed by atoms with Gasteiger partial charge in [0.25, 0.3) is 0 Å². The number of carbonyl (C=O) groups excluding carboxylic acids is 3. The van der Waals surface area contributed by atoms with Gasteiger partial charge in [-0.2, -0.15) is 0 Å². The van der Waals surface area contributed by atoms with Gasteiger partial charge in [-0.1, -0.05) is 12.1 Å². The smallest absolute Gasteiger partial charge is 0.419 e. The summed E-state index contributed by atoms with van der Waals surface area (Å²) >= 11 is 0. The molecule has 2 aromatic carbocycles. The molecule has 0 saturated carbocycles. The second-order valence-corrected chi connectivity index (χ2v) is 7.98. The fourth-order valence-electron chi connectivity index (χ4n) is 4.03. The van der Waals surface area contributed by atoms with Crippen molar-refractivity contribution in [1.29, 1.82) is 0 Å². The highest BCUT2D eigenvalue weighted by atomic mass is 16.5. The first kappa shape index (κ1) is 23.7. The molecule has 0 unspecified atom stereocenters. The Morgan fingerprint density at radius 2 is 1.71 bits per heavy atom. The Morgan fingerprint density at radius 3 is 2.43 bits per heavy atom. The highest BCUT2D eigenvalue weighted by Crippen LogP contribution is 2.22. The molecule has 4 rings (SSSR count). The van der Waals surface area contributed by atoms with Crippen molar-refractivity contribution in [2.45, 2.75) is 26.8 Å². The van der Waals surface area contributed by atoms with Crippen LogP contribution in [0.25, 0.3) is 16.8 Å². The summed E-state index contributed by atoms with van der Waals surface area (Å²) in [6.45, 7) is 3.33. The number of Topliss-reactive ketones (excluding diaryl/α,β-unsaturated/α-hetero) is 1. The summed E-state index contributed by atoms with van der Waals surface area (Å²) in [5.41, 5.74) is 4.17. The number of ether oxygens (including phenoxy) is 2. The first-order valence-corrected chi connectivity index (χ1v) is 10.9. The number of nitrogens with zero attached hydrogens (tertiary/aromatic N) is 2. The van der Waals surface area contributed by atoms with Gasteiger partial charge in [0.05, 0.1) is 24.6 Å². The lowest BCUT2D eigenvalue weighted by molar-refractivity contribution is -0.142. The molecule has 0 saturated heterocycles. The van der Waals surface area contributed by atoms with Crippen LogP contribution in [0.5, 0.6) is 0 Å². The highest BCUT2D eigenvalue weighted by Gasteiger charge is 2.19. The fraction of sp³-hybridized carbons (Fsp3) is 0.231. The van der Waals surface area contributed by atoms with Crippen molar-refractivity contribution in [3.8, 4) is 5.69 Å². The number of benzene rings is 2. The first-order chi connectivity index (χ1) is 16.8. The number of oxazole rings is 1. The minimum atomic E-state index is -0.595. The van der Waals surface area contributed by atoms with E-state index in [0.717, 1.165) is 11.4 Å². The van der Waals surface area contributed by atoms with Crippen molar-refractivity contribution >= 4 is 28.8 Å². The van der Waals surface area contributed by atoms with Crippen molar-refractivity contribution in [2.75, 3.05) is 13.7 Å². The van der Waals surface area contributed by atoms with Crippen LogP contribution in [0.2, 0.25) is 0 Å². The molecule has 0 bridgehead atoms. The zero-order chi connectivity index (χ0) is 25.1. The van der Waals surface area contributed by atoms with E-state index in [0.29, 0.717) is 27.9 Å². The molecule has 9 heteroatoms. The summed E-state index contributed by atoms with van der Waals surface area (Å²) in [6, 6.07) is 15.5. The monoisotopic (exact) mass is 476 g/mol. The number of ketones is 1. The summed E-state index contributed by atoms with van der Waals surface area (Å²) in [4.78, 5) is 48.7. The standard InChI is InChI=1S/C26H24N2O7/c1-16-14-20(17(2)28(16)19-10-8-18(9-11-19)25(31)33-3)22(29)15-34-24(30)12-13-27-21-6-4-5-7-23(21)35-26(27)32/h4-11,14H,12-13,15H2,1-3H3. The average molecular weight is 476 g/mol. The van der Waals surface area contributed by atoms with Gasteiger partial charge in [0.15, 0.2) is 12.2 Å². The molecular formula is C26H24N2O7. The maximum absolute atomic E-state index is 12.8. The Labute approximate surface area is 200 Å². The summed E-state index contributed by atoms with van der Waals surface area (Å²) in [7, 11) is 1.32. The fourth-order valence-corrected chi connectivity index (χ4v) is 4.03. The van der Waals surface area contributed by atoms with Gasteiger partial charge < -0.3 is 18.5 Å². The summed E-state index contributed by atoms with van der Waals surface area (Å²) in [5, 5.41) is 0. The van der Waals surface area contributed by atoms with Crippen LogP contribution in [0, 0.1) is 13.8 Å². The van der Waals surface area contributed by atoms with Crippen LogP contribution in [-0.4, -0.2) is 40.6 Å². The highest BCUT2D eigenvalue weighted by molar-refractivity contribution is 5.99. The molecule has 0 atom stereocenters. The number of carbonyl (C=O) groups is 3. The minimum absolute atomic E-state index is 0.0811. The second kappa shape index (κ2) is 9.84. The lowest BCUT2D eigenvalue weighted by Gasteiger charge is -2.11. The quantitative estimate of drug-likeness (QED) is 0.282. The van der Waals surface area contributed by atoms with Gasteiger partial charge >= 0.3 is 17.7 Å². The molecule has 0 N–H and O–H groups in total. The number of fused-ring (bicyclic) bond motifs is 1. The van der Waals surface area contributed by atoms with E-state index in [2.05, 4.69) is 0 Å². The van der Waals surface area contributed by atoms with Gasteiger partial charge in [0.2, 0.25) is 5.78 Å². The molecule has 0 aliphatic carbocycles. The summed E-state index contributed by atoms with van der Waals surface area (Å²) in [6.07, 6.45) is -0.0811. The van der Waals surface area contributed by atoms with Crippen molar-refractivity contribution in [3.05, 3.63) is 87.7 Å². The molecule has 0 fully saturated rings. The van der Waals surface area contributed by atoms with E-state index in [9.17, 15) is 19.2 Å². The summed E-state index contributed by atoms with van der Waals surface area (Å²) < 4.78 is 18.3. The molecule has 2 heterocycles. The van der Waals surface area contributed by atoms with E-state index in [4.69, 9.17) is 13.9 Å². The number of aromatic nitrogens is 2. The van der Waals surface area contributed by atoms with Gasteiger partial charge in [0.1, 0.15) is 0 Å². The average Bonchev–Trinajstić information content (AvgIpc) is 3.35. The Balaban J connectivity index is 1.40. The number of para-hydroxylation sites is 2. The Hall–Kier alpha value is -4.40. The van der Waals surface area contributed by atoms with Gasteiger partial charge in [-0.3, -0.25) is 14.2 Å². The molecular weight excluding hydrogens is 452 g/mol. The van der Waals surface area contributed by atoms with E-state index in [1.165, 1.54) is 11.7 Å². The molecule has 9 nitrogen and oxygen atoms in total. The molecule has 0 spiro atoms. The predicted molar refractivity (Wildman–Crippen MR) is 127 cm³/mol. The van der Waals surface area contributed by atoms with Gasteiger partial charge in [-0.05, 0) is 56.3 Å². The number of methoxy groups -OCH3 is 1. The largest absolute Gasteiger partial charge is 0.465 e. The number of esters is 2. The maximum Gasteiger partial charge on any atom is 0.419 e. The van der Waals surface area contributed by atoms with E-state index < -0.39 is 24.3 Å². The Bertz CT molecular complexity index is 1470. The van der Waals surface area contributed by atoms with Crippen molar-refractivity contribution in [3.63, 3.8) is 0 Å². The second-order valence-electron chi connectivity index (χ2n) is 7.98. The Morgan fingerprint density at radius 1 is 1.00 bits per heavy atom. The van der Waals surface area contributed by atoms with Crippen LogP contribution in [0.15, 0.2) is 63.8 Å². The molecule has 0 radical (unpaired) electrons. The van der Waals surface area contributed by atoms with E-state index in [1.54, 1.807) is 61.5 Å². The Kier molecular flexibility index (Phi) is 6.68. The number of hydrogen-bond acceptors (Lipinski definition) is 7. The van der Waals surface area contributed by atoms with Crippen LogP contribution < -0.4 is 5.76 Å². The van der Waals surface area contributed by atoms with Crippen LogP contribution >= 0.6 is 0 Å². The van der Waals surface area contributed by atoms with Crippen LogP contribution in [0.1, 0.15) is 38.5 Å². The van der Waals surface area contributed by atoms with Crippen molar-refractivity contribution in [1.82, 2.24) is 9.13 Å². The van der Waals surface area contributed by atoms with Crippen LogP contribution in [0.3, 0.4) is 0 Å². The molecule has 0 aliphatic rings. The molecule has 0 aliphatic heterocycles. The van der Waals surface area contributed by atoms with Crippen molar-refractivity contribution < 1.29 is 28.3 Å². The van der Waals surface area contributed by atoms with E-state index in [-0.39, 0.29) is 18.7 Å². The minimum Gasteiger partial charge on any atom is -0.465 e. The zero-order valence-electron chi connectivity index (χ0n) is 19.6. The molecule has 4 aromatic rings. The third-order valence-corrected chi connectivity index (χ3v) is 5.76. The van der Waals surface area contributed by atoms with E-state index in [1.807, 2.05) is 11.5 Å². The SMILES string of the molecule is COC(=O)c1ccc(-n2c(C)cc(C(=O)COC(=O)CCn3c(=O)oc4ccccc43)c2C)cc1. The van der Waals surface area contributed by atoms with E-state index >= 15 is 0 Å². The zero-order valence-corrected chi connectivity index (χ0v) is 19.6. The number of rotatable bonds is 8. The molecule has 2 aromatic heterocycles. The lowest BCUT2D eigenvalue weighted by Crippen LogP contribution is -2.19. The lowest BCUT2D eigenvalue weighted by atomic mass is 10.1. The number of hydrogen-bond donors (Lipinski definition) is 0. The molecule has 180 valence electrons. The third kappa shape index (κ3) is 4.79. The van der Waals surface area contributed by atoms with Crippen LogP contribution in [-0.2, 0) is 20.8 Å². The number of aryl methyl sites for hydroxylation is 2. The molecule has 0 amide bonds. The summed E-state index contributed by atoms with van der Waals surface area (Å²) in [5.74, 6) is -1.92. The third-order valence-electron chi connectivity index (χ3n) is 5.76. The molecule has 35 heavy (non-hydrogen) atoms. The first-order valence-electron chi connectivity index (χ1n) is 10.9. The van der Waals surface area contributed by atoms with Gasteiger partial charge in [-0.25, -0.2) is 9.59 Å². The maximum atomic E-state index is 12.8. The topological polar surface area (TPSA) is 110 Å². The van der Waals surface area contributed by atoms with Gasteiger partial charge in [-0.15, -0.1) is 0 Å². The normalized spacial score (nSPS) is 10.9. The van der Waals surface area contributed by atoms with Gasteiger partial charge in [0, 0.05) is 29.2 Å². The van der Waals surface area contributed by atoms with Crippen molar-refractivity contribution in [2.24, 2.45) is 0 Å².